The maximum atomic E-state index is 11.9. The fourth-order valence-electron chi connectivity index (χ4n) is 18.9. The summed E-state index contributed by atoms with van der Waals surface area (Å²) in [7, 11) is 0. The van der Waals surface area contributed by atoms with Crippen LogP contribution in [-0.2, 0) is 10.8 Å². The molecule has 4 unspecified atom stereocenters. The van der Waals surface area contributed by atoms with Crippen molar-refractivity contribution in [1.29, 1.82) is 0 Å². The molecule has 4 heteroatoms. The van der Waals surface area contributed by atoms with Crippen LogP contribution >= 0.6 is 11.6 Å². The van der Waals surface area contributed by atoms with Crippen LogP contribution in [0, 0.1) is 0 Å². The van der Waals surface area contributed by atoms with Crippen molar-refractivity contribution >= 4 is 17.5 Å². The molecule has 0 aromatic heterocycles. The van der Waals surface area contributed by atoms with Crippen molar-refractivity contribution in [3.63, 3.8) is 0 Å². The molecule has 2 aromatic carbocycles. The summed E-state index contributed by atoms with van der Waals surface area (Å²) in [6.07, 6.45) is 0. The second-order valence-corrected chi connectivity index (χ2v) is 37.2. The van der Waals surface area contributed by atoms with Gasteiger partial charge >= 0.3 is 152 Å². The van der Waals surface area contributed by atoms with Gasteiger partial charge in [0.05, 0.1) is 0 Å². The van der Waals surface area contributed by atoms with E-state index in [1.807, 2.05) is 6.07 Å². The molecule has 10 aliphatic heterocycles. The first-order valence-electron chi connectivity index (χ1n) is 10.3. The van der Waals surface area contributed by atoms with Gasteiger partial charge in [-0.1, -0.05) is 0 Å². The number of nitrogens with two attached hydrogens (primary N) is 1. The average Bonchev–Trinajstić information content (AvgIpc) is 3.61. The van der Waals surface area contributed by atoms with E-state index < -0.39 is 12.4 Å². The van der Waals surface area contributed by atoms with Gasteiger partial charge in [-0.15, -0.1) is 0 Å². The number of hydrogen-bond acceptors (Lipinski definition) is 1. The predicted octanol–water partition coefficient (Wildman–Crippen LogP) is 5.90. The molecule has 10 aliphatic rings. The third-order valence-electron chi connectivity index (χ3n) is 17.6. The molecule has 1 amide bonds. The van der Waals surface area contributed by atoms with Gasteiger partial charge in [0.15, 0.2) is 0 Å². The first kappa shape index (κ1) is 11.7. The number of carbonyl (C=O) groups is 1. The number of primary amides is 1. The van der Waals surface area contributed by atoms with E-state index in [1.54, 1.807) is 11.6 Å². The van der Waals surface area contributed by atoms with Gasteiger partial charge in [0.25, 0.3) is 0 Å². The summed E-state index contributed by atoms with van der Waals surface area (Å²) < 4.78 is 0.682. The summed E-state index contributed by atoms with van der Waals surface area (Å²) in [5.74, 6) is -0.433. The molecule has 0 radical (unpaired) electrons. The first-order valence-corrected chi connectivity index (χ1v) is 16.9. The van der Waals surface area contributed by atoms with Gasteiger partial charge in [-0.05, 0) is 0 Å². The minimum atomic E-state index is -3.25. The molecular weight excluding hydrogens is 398 g/mol. The summed E-state index contributed by atoms with van der Waals surface area (Å²) >= 11 is 6.73. The van der Waals surface area contributed by atoms with Gasteiger partial charge in [-0.25, -0.2) is 0 Å². The molecule has 10 saturated heterocycles. The zero-order valence-corrected chi connectivity index (χ0v) is 16.3. The van der Waals surface area contributed by atoms with E-state index in [0.717, 1.165) is 5.56 Å². The molecule has 136 valence electrons. The van der Waals surface area contributed by atoms with Crippen molar-refractivity contribution in [2.45, 2.75) is 47.7 Å². The van der Waals surface area contributed by atoms with E-state index in [4.69, 9.17) is 17.3 Å². The molecule has 1 spiro atoms. The monoisotopic (exact) mass is 415 g/mol. The molecule has 10 fully saturated rings. The third-order valence-corrected chi connectivity index (χ3v) is 60.3. The average molecular weight is 416 g/mol. The van der Waals surface area contributed by atoms with Crippen LogP contribution in [0.2, 0.25) is 48.4 Å². The molecule has 12 rings (SSSR count). The Hall–Kier alpha value is -1.28. The Bertz CT molecular complexity index is 1580. The summed E-state index contributed by atoms with van der Waals surface area (Å²) in [5.41, 5.74) is 10.1. The molecule has 2 aromatic rings. The summed E-state index contributed by atoms with van der Waals surface area (Å²) in [6, 6.07) is 14.9. The number of carbonyl (C=O) groups excluding carboxylic acids is 1. The van der Waals surface area contributed by atoms with Crippen molar-refractivity contribution in [2.75, 3.05) is 0 Å². The number of rotatable bonds is 3. The number of benzene rings is 2. The second-order valence-electron chi connectivity index (χ2n) is 13.3. The van der Waals surface area contributed by atoms with Gasteiger partial charge in [-0.3, -0.25) is 0 Å². The molecule has 0 saturated carbocycles. The van der Waals surface area contributed by atoms with E-state index in [2.05, 4.69) is 30.3 Å². The normalized spacial score (nSPS) is 79.1. The van der Waals surface area contributed by atoms with Gasteiger partial charge in [0.1, 0.15) is 0 Å². The Morgan fingerprint density at radius 3 is 1.96 bits per heavy atom. The summed E-state index contributed by atoms with van der Waals surface area (Å²) in [5, 5.41) is 0.545. The standard InChI is InChI=1S/C18H13ClNO.C5H5.Fe/c19-17-15(10-5-11-16(17)18(20)21)14-9-4-3-8-13(14)12-6-1-2-7-12;1-2-4-5-3-1;/h1-11H,(H2,20,21);1-5H;. The Balaban J connectivity index is 1.24. The maximum absolute atomic E-state index is 11.9. The van der Waals surface area contributed by atoms with Crippen molar-refractivity contribution in [3.05, 3.63) is 58.6 Å². The van der Waals surface area contributed by atoms with Gasteiger partial charge in [-0.2, -0.15) is 0 Å². The SMILES string of the molecule is NC(=O)c1cccc(-c2ccccc2[C]23[CH]4[CH]5[CH]6[CH]2[Fe]56432789[CH]3[CH]2[CH]7[CH]8[CH]39)c1Cl. The molecule has 10 heterocycles. The third kappa shape index (κ3) is 0.203. The fraction of sp³-hybridized carbons (Fsp3) is 0.435. The fourth-order valence-corrected chi connectivity index (χ4v) is 93.4. The van der Waals surface area contributed by atoms with E-state index >= 15 is 0 Å². The Morgan fingerprint density at radius 2 is 1.44 bits per heavy atom. The van der Waals surface area contributed by atoms with Crippen LogP contribution in [0.1, 0.15) is 15.9 Å². The van der Waals surface area contributed by atoms with E-state index in [9.17, 15) is 4.79 Å². The quantitative estimate of drug-likeness (QED) is 0.623. The van der Waals surface area contributed by atoms with Crippen LogP contribution < -0.4 is 5.73 Å². The van der Waals surface area contributed by atoms with Crippen molar-refractivity contribution in [2.24, 2.45) is 5.73 Å². The zero-order valence-electron chi connectivity index (χ0n) is 14.5. The minimum absolute atomic E-state index is 0.433. The van der Waals surface area contributed by atoms with Crippen LogP contribution in [-0.4, -0.2) is 5.91 Å². The molecule has 0 bridgehead atoms. The summed E-state index contributed by atoms with van der Waals surface area (Å²) in [6.45, 7) is -3.25. The van der Waals surface area contributed by atoms with Crippen LogP contribution in [0.15, 0.2) is 42.5 Å². The molecule has 0 aliphatic carbocycles. The molecule has 2 N–H and O–H groups in total. The Labute approximate surface area is 151 Å². The van der Waals surface area contributed by atoms with E-state index in [0.29, 0.717) is 14.9 Å². The Kier molecular flexibility index (Phi) is 0.580. The second kappa shape index (κ2) is 1.34. The number of amides is 1. The molecular formula is C23H18ClFeNO. The zero-order chi connectivity index (χ0) is 17.4. The number of halogens is 1. The van der Waals surface area contributed by atoms with E-state index in [-0.39, 0.29) is 0 Å². The molecule has 2 nitrogen and oxygen atoms in total. The number of hydrogen-bond donors (Lipinski definition) is 1. The van der Waals surface area contributed by atoms with Gasteiger partial charge in [0, 0.05) is 0 Å². The van der Waals surface area contributed by atoms with E-state index in [1.165, 1.54) is 48.9 Å². The molecule has 27 heavy (non-hydrogen) atoms. The molecule has 4 atom stereocenters. The number of fused-ring (bicyclic) bond motifs is 10. The van der Waals surface area contributed by atoms with Crippen molar-refractivity contribution < 1.29 is 11.3 Å². The van der Waals surface area contributed by atoms with Crippen LogP contribution in [0.4, 0.5) is 0 Å². The first-order chi connectivity index (χ1) is 12.9. The predicted molar refractivity (Wildman–Crippen MR) is 101 cm³/mol. The van der Waals surface area contributed by atoms with Gasteiger partial charge in [0.2, 0.25) is 0 Å². The van der Waals surface area contributed by atoms with Crippen LogP contribution in [0.3, 0.4) is 0 Å². The van der Waals surface area contributed by atoms with Crippen LogP contribution in [0.5, 0.6) is 0 Å². The summed E-state index contributed by atoms with van der Waals surface area (Å²) in [4.78, 5) is 23.4. The van der Waals surface area contributed by atoms with Crippen molar-refractivity contribution in [1.82, 2.24) is 0 Å². The topological polar surface area (TPSA) is 43.1 Å². The van der Waals surface area contributed by atoms with Gasteiger partial charge < -0.3 is 0 Å². The van der Waals surface area contributed by atoms with Crippen molar-refractivity contribution in [3.8, 4) is 11.1 Å². The van der Waals surface area contributed by atoms with Crippen LogP contribution in [0.25, 0.3) is 11.1 Å². The Morgan fingerprint density at radius 1 is 0.852 bits per heavy atom.